The third kappa shape index (κ3) is 4.17. The van der Waals surface area contributed by atoms with Gasteiger partial charge in [-0.15, -0.1) is 0 Å². The Labute approximate surface area is 168 Å². The van der Waals surface area contributed by atoms with Crippen molar-refractivity contribution in [1.29, 1.82) is 0 Å². The lowest BCUT2D eigenvalue weighted by Gasteiger charge is -2.36. The zero-order chi connectivity index (χ0) is 19.5. The number of benzene rings is 2. The number of hydrogen-bond acceptors (Lipinski definition) is 5. The summed E-state index contributed by atoms with van der Waals surface area (Å²) in [5.74, 6) is 0.911. The molecule has 5 nitrogen and oxygen atoms in total. The number of halogens is 2. The van der Waals surface area contributed by atoms with E-state index in [0.29, 0.717) is 11.6 Å². The SMILES string of the molecule is Cc1cc(N2CCN(c3ccccc3)CC2)nc(Nc2ccc(F)c(Cl)c2)n1. The van der Waals surface area contributed by atoms with Crippen LogP contribution >= 0.6 is 11.6 Å². The first-order valence-electron chi connectivity index (χ1n) is 9.21. The van der Waals surface area contributed by atoms with E-state index in [0.717, 1.165) is 37.7 Å². The number of anilines is 4. The van der Waals surface area contributed by atoms with Crippen molar-refractivity contribution < 1.29 is 4.39 Å². The second-order valence-electron chi connectivity index (χ2n) is 6.75. The normalized spacial score (nSPS) is 14.2. The average molecular weight is 398 g/mol. The minimum atomic E-state index is -0.450. The summed E-state index contributed by atoms with van der Waals surface area (Å²) in [4.78, 5) is 13.7. The van der Waals surface area contributed by atoms with Gasteiger partial charge >= 0.3 is 0 Å². The van der Waals surface area contributed by atoms with Crippen LogP contribution in [-0.2, 0) is 0 Å². The monoisotopic (exact) mass is 397 g/mol. The van der Waals surface area contributed by atoms with Crippen molar-refractivity contribution in [2.75, 3.05) is 41.3 Å². The van der Waals surface area contributed by atoms with Gasteiger partial charge in [0.2, 0.25) is 5.95 Å². The van der Waals surface area contributed by atoms with E-state index >= 15 is 0 Å². The maximum Gasteiger partial charge on any atom is 0.229 e. The summed E-state index contributed by atoms with van der Waals surface area (Å²) in [6.07, 6.45) is 0. The molecule has 0 unspecified atom stereocenters. The van der Waals surface area contributed by atoms with Gasteiger partial charge in [-0.1, -0.05) is 29.8 Å². The van der Waals surface area contributed by atoms with E-state index in [1.807, 2.05) is 19.1 Å². The van der Waals surface area contributed by atoms with Crippen LogP contribution < -0.4 is 15.1 Å². The van der Waals surface area contributed by atoms with Crippen molar-refractivity contribution in [2.45, 2.75) is 6.92 Å². The molecule has 0 saturated carbocycles. The molecule has 0 amide bonds. The van der Waals surface area contributed by atoms with Gasteiger partial charge in [-0.2, -0.15) is 4.98 Å². The van der Waals surface area contributed by atoms with Crippen LogP contribution in [0.15, 0.2) is 54.6 Å². The Balaban J connectivity index is 1.47. The summed E-state index contributed by atoms with van der Waals surface area (Å²) in [5, 5.41) is 3.18. The predicted molar refractivity (Wildman–Crippen MR) is 112 cm³/mol. The molecule has 1 fully saturated rings. The minimum absolute atomic E-state index is 0.0647. The molecule has 0 spiro atoms. The van der Waals surface area contributed by atoms with Crippen LogP contribution in [0.2, 0.25) is 5.02 Å². The largest absolute Gasteiger partial charge is 0.368 e. The molecule has 0 radical (unpaired) electrons. The van der Waals surface area contributed by atoms with E-state index in [-0.39, 0.29) is 5.02 Å². The molecule has 7 heteroatoms. The van der Waals surface area contributed by atoms with Crippen LogP contribution in [0.5, 0.6) is 0 Å². The molecule has 1 N–H and O–H groups in total. The summed E-state index contributed by atoms with van der Waals surface area (Å²) in [6, 6.07) is 16.9. The molecular weight excluding hydrogens is 377 g/mol. The van der Waals surface area contributed by atoms with Crippen molar-refractivity contribution in [3.63, 3.8) is 0 Å². The van der Waals surface area contributed by atoms with Gasteiger partial charge in [0, 0.05) is 49.3 Å². The topological polar surface area (TPSA) is 44.3 Å². The second-order valence-corrected chi connectivity index (χ2v) is 7.16. The maximum atomic E-state index is 13.4. The van der Waals surface area contributed by atoms with Crippen LogP contribution in [0.4, 0.5) is 27.5 Å². The smallest absolute Gasteiger partial charge is 0.229 e. The quantitative estimate of drug-likeness (QED) is 0.694. The highest BCUT2D eigenvalue weighted by Crippen LogP contribution is 2.24. The Morgan fingerprint density at radius 2 is 1.64 bits per heavy atom. The first-order chi connectivity index (χ1) is 13.6. The number of piperazine rings is 1. The van der Waals surface area contributed by atoms with Crippen molar-refractivity contribution in [2.24, 2.45) is 0 Å². The molecule has 0 bridgehead atoms. The van der Waals surface area contributed by atoms with E-state index in [1.165, 1.54) is 17.8 Å². The van der Waals surface area contributed by atoms with Gasteiger partial charge in [-0.25, -0.2) is 9.37 Å². The van der Waals surface area contributed by atoms with Crippen LogP contribution in [-0.4, -0.2) is 36.1 Å². The van der Waals surface area contributed by atoms with Crippen molar-refractivity contribution in [3.05, 3.63) is 71.1 Å². The standard InChI is InChI=1S/C21H21ClFN5/c1-15-13-20(26-21(24-15)25-16-7-8-19(23)18(22)14-16)28-11-9-27(10-12-28)17-5-3-2-4-6-17/h2-8,13-14H,9-12H2,1H3,(H,24,25,26). The highest BCUT2D eigenvalue weighted by molar-refractivity contribution is 6.31. The summed E-state index contributed by atoms with van der Waals surface area (Å²) < 4.78 is 13.4. The van der Waals surface area contributed by atoms with Gasteiger partial charge in [0.25, 0.3) is 0 Å². The Kier molecular flexibility index (Phi) is 5.30. The molecule has 1 aromatic heterocycles. The lowest BCUT2D eigenvalue weighted by atomic mass is 10.2. The molecule has 1 aliphatic rings. The number of hydrogen-bond donors (Lipinski definition) is 1. The molecule has 1 aliphatic heterocycles. The Morgan fingerprint density at radius 3 is 2.36 bits per heavy atom. The molecule has 1 saturated heterocycles. The lowest BCUT2D eigenvalue weighted by molar-refractivity contribution is 0.628. The number of aryl methyl sites for hydroxylation is 1. The predicted octanol–water partition coefficient (Wildman–Crippen LogP) is 4.65. The summed E-state index contributed by atoms with van der Waals surface area (Å²) in [7, 11) is 0. The maximum absolute atomic E-state index is 13.4. The Bertz CT molecular complexity index is 958. The van der Waals surface area contributed by atoms with E-state index in [2.05, 4.69) is 49.4 Å². The zero-order valence-corrected chi connectivity index (χ0v) is 16.3. The first kappa shape index (κ1) is 18.5. The van der Waals surface area contributed by atoms with E-state index < -0.39 is 5.82 Å². The van der Waals surface area contributed by atoms with Crippen LogP contribution in [0, 0.1) is 12.7 Å². The number of nitrogens with one attached hydrogen (secondary N) is 1. The average Bonchev–Trinajstić information content (AvgIpc) is 2.71. The van der Waals surface area contributed by atoms with Crippen LogP contribution in [0.1, 0.15) is 5.69 Å². The fraction of sp³-hybridized carbons (Fsp3) is 0.238. The fourth-order valence-electron chi connectivity index (χ4n) is 3.31. The third-order valence-electron chi connectivity index (χ3n) is 4.74. The third-order valence-corrected chi connectivity index (χ3v) is 5.03. The molecule has 4 rings (SSSR count). The number of nitrogens with zero attached hydrogens (tertiary/aromatic N) is 4. The molecule has 28 heavy (non-hydrogen) atoms. The second kappa shape index (κ2) is 8.02. The van der Waals surface area contributed by atoms with E-state index in [4.69, 9.17) is 11.6 Å². The van der Waals surface area contributed by atoms with Crippen LogP contribution in [0.3, 0.4) is 0 Å². The van der Waals surface area contributed by atoms with Crippen molar-refractivity contribution in [1.82, 2.24) is 9.97 Å². The van der Waals surface area contributed by atoms with Crippen molar-refractivity contribution >= 4 is 34.7 Å². The molecule has 2 heterocycles. The van der Waals surface area contributed by atoms with Crippen molar-refractivity contribution in [3.8, 4) is 0 Å². The number of aromatic nitrogens is 2. The van der Waals surface area contributed by atoms with Gasteiger partial charge in [-0.3, -0.25) is 0 Å². The summed E-state index contributed by atoms with van der Waals surface area (Å²) >= 11 is 5.86. The number of para-hydroxylation sites is 1. The molecule has 0 aliphatic carbocycles. The molecular formula is C21H21ClFN5. The summed E-state index contributed by atoms with van der Waals surface area (Å²) in [6.45, 7) is 5.57. The lowest BCUT2D eigenvalue weighted by Crippen LogP contribution is -2.46. The molecule has 144 valence electrons. The Morgan fingerprint density at radius 1 is 0.929 bits per heavy atom. The van der Waals surface area contributed by atoms with Gasteiger partial charge in [0.15, 0.2) is 0 Å². The van der Waals surface area contributed by atoms with Gasteiger partial charge < -0.3 is 15.1 Å². The van der Waals surface area contributed by atoms with Gasteiger partial charge in [0.05, 0.1) is 5.02 Å². The molecule has 2 aromatic carbocycles. The highest BCUT2D eigenvalue weighted by Gasteiger charge is 2.19. The minimum Gasteiger partial charge on any atom is -0.368 e. The molecule has 3 aromatic rings. The summed E-state index contributed by atoms with van der Waals surface area (Å²) in [5.41, 5.74) is 2.76. The van der Waals surface area contributed by atoms with Crippen LogP contribution in [0.25, 0.3) is 0 Å². The van der Waals surface area contributed by atoms with Gasteiger partial charge in [0.1, 0.15) is 11.6 Å². The molecule has 0 atom stereocenters. The van der Waals surface area contributed by atoms with Gasteiger partial charge in [-0.05, 0) is 37.3 Å². The highest BCUT2D eigenvalue weighted by atomic mass is 35.5. The first-order valence-corrected chi connectivity index (χ1v) is 9.59. The van der Waals surface area contributed by atoms with E-state index in [9.17, 15) is 4.39 Å². The van der Waals surface area contributed by atoms with E-state index in [1.54, 1.807) is 6.07 Å². The zero-order valence-electron chi connectivity index (χ0n) is 15.6. The number of rotatable bonds is 4. The fourth-order valence-corrected chi connectivity index (χ4v) is 3.49. The Hall–Kier alpha value is -2.86.